The van der Waals surface area contributed by atoms with Gasteiger partial charge in [0.15, 0.2) is 0 Å². The molecule has 0 radical (unpaired) electrons. The Bertz CT molecular complexity index is 384. The number of rotatable bonds is 2. The molecule has 0 fully saturated rings. The number of alkyl halides is 3. The first-order valence-electron chi connectivity index (χ1n) is 5.42. The lowest BCUT2D eigenvalue weighted by molar-refractivity contribution is -0.138. The van der Waals surface area contributed by atoms with Crippen LogP contribution in [0, 0.1) is 0 Å². The van der Waals surface area contributed by atoms with E-state index in [-0.39, 0.29) is 0 Å². The molecule has 0 saturated carbocycles. The lowest BCUT2D eigenvalue weighted by Gasteiger charge is -2.13. The summed E-state index contributed by atoms with van der Waals surface area (Å²) in [5.41, 5.74) is 0.815. The molecule has 88 valence electrons. The van der Waals surface area contributed by atoms with Crippen LogP contribution in [0.5, 0.6) is 0 Å². The van der Waals surface area contributed by atoms with E-state index in [9.17, 15) is 13.2 Å². The normalized spacial score (nSPS) is 16.5. The molecule has 1 aliphatic heterocycles. The molecule has 0 N–H and O–H groups in total. The fourth-order valence-electron chi connectivity index (χ4n) is 2.23. The van der Waals surface area contributed by atoms with Crippen LogP contribution in [0.2, 0.25) is 0 Å². The molecule has 2 rings (SSSR count). The quantitative estimate of drug-likeness (QED) is 0.751. The number of hydrogen-bond acceptors (Lipinski definition) is 1. The molecular formula is C12H14F3N. The number of halogens is 3. The second-order valence-electron chi connectivity index (χ2n) is 4.15. The fourth-order valence-corrected chi connectivity index (χ4v) is 2.23. The van der Waals surface area contributed by atoms with Crippen molar-refractivity contribution in [3.8, 4) is 0 Å². The molecule has 0 amide bonds. The summed E-state index contributed by atoms with van der Waals surface area (Å²) in [6.07, 6.45) is -3.26. The topological polar surface area (TPSA) is 3.24 Å². The highest BCUT2D eigenvalue weighted by Gasteiger charge is 2.36. The van der Waals surface area contributed by atoms with Gasteiger partial charge in [-0.1, -0.05) is 19.1 Å². The Morgan fingerprint density at radius 3 is 2.62 bits per heavy atom. The van der Waals surface area contributed by atoms with Crippen molar-refractivity contribution in [1.29, 1.82) is 0 Å². The maximum absolute atomic E-state index is 12.7. The monoisotopic (exact) mass is 229 g/mol. The van der Waals surface area contributed by atoms with Crippen LogP contribution in [-0.4, -0.2) is 11.4 Å². The van der Waals surface area contributed by atoms with Gasteiger partial charge in [0, 0.05) is 13.1 Å². The van der Waals surface area contributed by atoms with Gasteiger partial charge in [-0.05, 0) is 30.2 Å². The standard InChI is InChI=1S/C12H14F3N/c1-2-6-16-7-9-4-3-5-11(10(9)8-16)12(13,14)15/h3-5H,2,6-8H2,1H3. The lowest BCUT2D eigenvalue weighted by atomic mass is 10.0. The average molecular weight is 229 g/mol. The molecule has 4 heteroatoms. The van der Waals surface area contributed by atoms with E-state index in [1.165, 1.54) is 12.1 Å². The molecule has 0 saturated heterocycles. The third kappa shape index (κ3) is 2.07. The number of nitrogens with zero attached hydrogens (tertiary/aromatic N) is 1. The Kier molecular flexibility index (Phi) is 2.93. The van der Waals surface area contributed by atoms with Gasteiger partial charge in [0.1, 0.15) is 0 Å². The van der Waals surface area contributed by atoms with Gasteiger partial charge in [0.2, 0.25) is 0 Å². The van der Waals surface area contributed by atoms with Crippen LogP contribution in [0.15, 0.2) is 18.2 Å². The molecule has 0 aliphatic carbocycles. The molecule has 1 heterocycles. The fraction of sp³-hybridized carbons (Fsp3) is 0.500. The largest absolute Gasteiger partial charge is 0.416 e. The zero-order valence-corrected chi connectivity index (χ0v) is 9.14. The van der Waals surface area contributed by atoms with E-state index in [1.54, 1.807) is 6.07 Å². The van der Waals surface area contributed by atoms with E-state index in [2.05, 4.69) is 4.90 Å². The van der Waals surface area contributed by atoms with Gasteiger partial charge in [-0.15, -0.1) is 0 Å². The molecule has 0 unspecified atom stereocenters. The van der Waals surface area contributed by atoms with Gasteiger partial charge in [-0.2, -0.15) is 13.2 Å². The van der Waals surface area contributed by atoms with Crippen molar-refractivity contribution in [3.63, 3.8) is 0 Å². The van der Waals surface area contributed by atoms with Crippen molar-refractivity contribution in [3.05, 3.63) is 34.9 Å². The van der Waals surface area contributed by atoms with Crippen molar-refractivity contribution in [2.75, 3.05) is 6.54 Å². The second kappa shape index (κ2) is 4.09. The van der Waals surface area contributed by atoms with E-state index in [1.807, 2.05) is 6.92 Å². The summed E-state index contributed by atoms with van der Waals surface area (Å²) in [6.45, 7) is 3.96. The Morgan fingerprint density at radius 2 is 2.00 bits per heavy atom. The third-order valence-electron chi connectivity index (χ3n) is 2.89. The Labute approximate surface area is 92.9 Å². The Balaban J connectivity index is 2.31. The highest BCUT2D eigenvalue weighted by atomic mass is 19.4. The van der Waals surface area contributed by atoms with Gasteiger partial charge in [0.05, 0.1) is 5.56 Å². The minimum Gasteiger partial charge on any atom is -0.295 e. The summed E-state index contributed by atoms with van der Waals surface area (Å²) in [4.78, 5) is 2.06. The Hall–Kier alpha value is -1.03. The molecule has 1 aliphatic rings. The molecule has 16 heavy (non-hydrogen) atoms. The van der Waals surface area contributed by atoms with E-state index >= 15 is 0 Å². The van der Waals surface area contributed by atoms with E-state index < -0.39 is 11.7 Å². The summed E-state index contributed by atoms with van der Waals surface area (Å²) in [6, 6.07) is 4.46. The summed E-state index contributed by atoms with van der Waals surface area (Å²) in [7, 11) is 0. The van der Waals surface area contributed by atoms with E-state index in [0.717, 1.165) is 18.5 Å². The molecule has 0 bridgehead atoms. The maximum atomic E-state index is 12.7. The van der Waals surface area contributed by atoms with Crippen molar-refractivity contribution >= 4 is 0 Å². The van der Waals surface area contributed by atoms with Crippen LogP contribution in [-0.2, 0) is 19.3 Å². The van der Waals surface area contributed by atoms with Crippen molar-refractivity contribution in [2.45, 2.75) is 32.6 Å². The first-order chi connectivity index (χ1) is 7.52. The zero-order chi connectivity index (χ0) is 11.8. The maximum Gasteiger partial charge on any atom is 0.416 e. The molecule has 1 aromatic carbocycles. The number of fused-ring (bicyclic) bond motifs is 1. The van der Waals surface area contributed by atoms with E-state index in [0.29, 0.717) is 18.7 Å². The first-order valence-corrected chi connectivity index (χ1v) is 5.42. The molecule has 0 spiro atoms. The average Bonchev–Trinajstić information content (AvgIpc) is 2.58. The highest BCUT2D eigenvalue weighted by Crippen LogP contribution is 2.36. The van der Waals surface area contributed by atoms with Crippen LogP contribution in [0.3, 0.4) is 0 Å². The van der Waals surface area contributed by atoms with Gasteiger partial charge >= 0.3 is 6.18 Å². The molecular weight excluding hydrogens is 215 g/mol. The summed E-state index contributed by atoms with van der Waals surface area (Å²) < 4.78 is 38.2. The van der Waals surface area contributed by atoms with Crippen LogP contribution in [0.25, 0.3) is 0 Å². The van der Waals surface area contributed by atoms with Gasteiger partial charge in [-0.3, -0.25) is 4.90 Å². The van der Waals surface area contributed by atoms with Crippen molar-refractivity contribution < 1.29 is 13.2 Å². The van der Waals surface area contributed by atoms with Crippen LogP contribution in [0.1, 0.15) is 30.0 Å². The predicted octanol–water partition coefficient (Wildman–Crippen LogP) is 3.43. The SMILES string of the molecule is CCCN1Cc2cccc(C(F)(F)F)c2C1. The first kappa shape index (κ1) is 11.5. The van der Waals surface area contributed by atoms with Gasteiger partial charge in [0.25, 0.3) is 0 Å². The second-order valence-corrected chi connectivity index (χ2v) is 4.15. The molecule has 1 aromatic rings. The van der Waals surface area contributed by atoms with Gasteiger partial charge < -0.3 is 0 Å². The summed E-state index contributed by atoms with van der Waals surface area (Å²) in [5, 5.41) is 0. The van der Waals surface area contributed by atoms with E-state index in [4.69, 9.17) is 0 Å². The molecule has 0 aromatic heterocycles. The Morgan fingerprint density at radius 1 is 1.25 bits per heavy atom. The summed E-state index contributed by atoms with van der Waals surface area (Å²) >= 11 is 0. The smallest absolute Gasteiger partial charge is 0.295 e. The van der Waals surface area contributed by atoms with Crippen LogP contribution < -0.4 is 0 Å². The predicted molar refractivity (Wildman–Crippen MR) is 55.8 cm³/mol. The minimum absolute atomic E-state index is 0.429. The lowest BCUT2D eigenvalue weighted by Crippen LogP contribution is -2.17. The molecule has 0 atom stereocenters. The van der Waals surface area contributed by atoms with Crippen molar-refractivity contribution in [2.24, 2.45) is 0 Å². The zero-order valence-electron chi connectivity index (χ0n) is 9.14. The third-order valence-corrected chi connectivity index (χ3v) is 2.89. The van der Waals surface area contributed by atoms with Crippen molar-refractivity contribution in [1.82, 2.24) is 4.90 Å². The molecule has 1 nitrogen and oxygen atoms in total. The van der Waals surface area contributed by atoms with Crippen LogP contribution >= 0.6 is 0 Å². The summed E-state index contributed by atoms with van der Waals surface area (Å²) in [5.74, 6) is 0. The number of hydrogen-bond donors (Lipinski definition) is 0. The minimum atomic E-state index is -4.23. The highest BCUT2D eigenvalue weighted by molar-refractivity contribution is 5.39. The number of benzene rings is 1. The van der Waals surface area contributed by atoms with Gasteiger partial charge in [-0.25, -0.2) is 0 Å². The van der Waals surface area contributed by atoms with Crippen LogP contribution in [0.4, 0.5) is 13.2 Å².